The predicted octanol–water partition coefficient (Wildman–Crippen LogP) is 3.03. The Morgan fingerprint density at radius 3 is 2.50 bits per heavy atom. The highest BCUT2D eigenvalue weighted by atomic mass is 79.9. The van der Waals surface area contributed by atoms with Crippen LogP contribution in [0.15, 0.2) is 27.1 Å². The Morgan fingerprint density at radius 2 is 1.89 bits per heavy atom. The molecule has 18 heavy (non-hydrogen) atoms. The lowest BCUT2D eigenvalue weighted by molar-refractivity contribution is 0.0543. The van der Waals surface area contributed by atoms with Crippen LogP contribution in [0.3, 0.4) is 0 Å². The number of halogens is 2. The number of hydrogen-bond donors (Lipinski definition) is 1. The van der Waals surface area contributed by atoms with Crippen molar-refractivity contribution in [1.29, 1.82) is 0 Å². The highest BCUT2D eigenvalue weighted by molar-refractivity contribution is 9.11. The molecule has 1 amide bonds. The number of nitrogens with zero attached hydrogens (tertiary/aromatic N) is 1. The predicted molar refractivity (Wildman–Crippen MR) is 79.8 cm³/mol. The molecule has 1 N–H and O–H groups in total. The van der Waals surface area contributed by atoms with Crippen molar-refractivity contribution in [2.75, 3.05) is 13.1 Å². The minimum absolute atomic E-state index is 0.0877. The minimum atomic E-state index is 0.0877. The van der Waals surface area contributed by atoms with Crippen molar-refractivity contribution in [2.24, 2.45) is 0 Å². The lowest BCUT2D eigenvalue weighted by atomic mass is 10.1. The summed E-state index contributed by atoms with van der Waals surface area (Å²) in [5, 5.41) is 3.33. The number of amides is 1. The van der Waals surface area contributed by atoms with Crippen LogP contribution in [0.25, 0.3) is 0 Å². The van der Waals surface area contributed by atoms with Gasteiger partial charge in [-0.2, -0.15) is 0 Å². The lowest BCUT2D eigenvalue weighted by Gasteiger charge is -2.39. The third kappa shape index (κ3) is 2.78. The van der Waals surface area contributed by atoms with Crippen molar-refractivity contribution in [3.05, 3.63) is 32.7 Å². The summed E-state index contributed by atoms with van der Waals surface area (Å²) in [6, 6.07) is 6.12. The quantitative estimate of drug-likeness (QED) is 0.818. The highest BCUT2D eigenvalue weighted by Gasteiger charge is 2.30. The number of piperazine rings is 1. The monoisotopic (exact) mass is 374 g/mol. The van der Waals surface area contributed by atoms with Crippen molar-refractivity contribution < 1.29 is 4.79 Å². The standard InChI is InChI=1S/C13H16Br2N2O/c1-8-6-16-7-9(2)17(8)13(18)11-5-10(14)3-4-12(11)15/h3-5,8-9,16H,6-7H2,1-2H3. The summed E-state index contributed by atoms with van der Waals surface area (Å²) in [5.41, 5.74) is 0.713. The Hall–Kier alpha value is -0.390. The van der Waals surface area contributed by atoms with E-state index < -0.39 is 0 Å². The number of benzene rings is 1. The van der Waals surface area contributed by atoms with Crippen molar-refractivity contribution >= 4 is 37.8 Å². The summed E-state index contributed by atoms with van der Waals surface area (Å²) in [4.78, 5) is 14.6. The van der Waals surface area contributed by atoms with E-state index in [1.54, 1.807) is 0 Å². The molecule has 0 aromatic heterocycles. The molecule has 1 saturated heterocycles. The summed E-state index contributed by atoms with van der Waals surface area (Å²) >= 11 is 6.87. The molecular weight excluding hydrogens is 360 g/mol. The van der Waals surface area contributed by atoms with Gasteiger partial charge in [-0.25, -0.2) is 0 Å². The average Bonchev–Trinajstić information content (AvgIpc) is 2.32. The fraction of sp³-hybridized carbons (Fsp3) is 0.462. The van der Waals surface area contributed by atoms with Gasteiger partial charge in [0.25, 0.3) is 5.91 Å². The van der Waals surface area contributed by atoms with E-state index in [4.69, 9.17) is 0 Å². The van der Waals surface area contributed by atoms with Crippen LogP contribution < -0.4 is 5.32 Å². The molecule has 1 aromatic carbocycles. The maximum atomic E-state index is 12.6. The van der Waals surface area contributed by atoms with Gasteiger partial charge in [0.2, 0.25) is 0 Å². The largest absolute Gasteiger partial charge is 0.331 e. The van der Waals surface area contributed by atoms with E-state index in [1.807, 2.05) is 23.1 Å². The van der Waals surface area contributed by atoms with Gasteiger partial charge in [-0.1, -0.05) is 15.9 Å². The summed E-state index contributed by atoms with van der Waals surface area (Å²) in [5.74, 6) is 0.0877. The van der Waals surface area contributed by atoms with Gasteiger partial charge in [0.1, 0.15) is 0 Å². The highest BCUT2D eigenvalue weighted by Crippen LogP contribution is 2.25. The Kier molecular flexibility index (Phi) is 4.45. The van der Waals surface area contributed by atoms with E-state index in [2.05, 4.69) is 51.0 Å². The van der Waals surface area contributed by atoms with Crippen LogP contribution in [0.1, 0.15) is 24.2 Å². The molecule has 2 unspecified atom stereocenters. The second kappa shape index (κ2) is 5.72. The topological polar surface area (TPSA) is 32.3 Å². The maximum Gasteiger partial charge on any atom is 0.255 e. The summed E-state index contributed by atoms with van der Waals surface area (Å²) < 4.78 is 1.76. The lowest BCUT2D eigenvalue weighted by Crippen LogP contribution is -2.57. The maximum absolute atomic E-state index is 12.6. The normalized spacial score (nSPS) is 24.1. The van der Waals surface area contributed by atoms with Gasteiger partial charge in [-0.3, -0.25) is 4.79 Å². The third-order valence-corrected chi connectivity index (χ3v) is 4.41. The molecule has 1 aliphatic heterocycles. The molecule has 0 radical (unpaired) electrons. The molecule has 0 spiro atoms. The molecule has 5 heteroatoms. The van der Waals surface area contributed by atoms with Crippen molar-refractivity contribution in [3.63, 3.8) is 0 Å². The van der Waals surface area contributed by atoms with Gasteiger partial charge in [-0.05, 0) is 48.0 Å². The molecule has 1 heterocycles. The van der Waals surface area contributed by atoms with Crippen LogP contribution in [0.5, 0.6) is 0 Å². The van der Waals surface area contributed by atoms with Crippen LogP contribution in [0, 0.1) is 0 Å². The molecule has 1 aromatic rings. The first-order valence-corrected chi connectivity index (χ1v) is 7.57. The summed E-state index contributed by atoms with van der Waals surface area (Å²) in [6.07, 6.45) is 0. The van der Waals surface area contributed by atoms with Gasteiger partial charge < -0.3 is 10.2 Å². The van der Waals surface area contributed by atoms with Crippen molar-refractivity contribution in [3.8, 4) is 0 Å². The zero-order valence-electron chi connectivity index (χ0n) is 10.4. The Morgan fingerprint density at radius 1 is 1.28 bits per heavy atom. The molecule has 2 rings (SSSR count). The number of hydrogen-bond acceptors (Lipinski definition) is 2. The smallest absolute Gasteiger partial charge is 0.255 e. The van der Waals surface area contributed by atoms with Crippen LogP contribution in [-0.4, -0.2) is 36.0 Å². The van der Waals surface area contributed by atoms with Gasteiger partial charge in [0, 0.05) is 34.1 Å². The number of rotatable bonds is 1. The molecule has 3 nitrogen and oxygen atoms in total. The van der Waals surface area contributed by atoms with E-state index in [-0.39, 0.29) is 18.0 Å². The molecule has 0 aliphatic carbocycles. The Labute approximate surface area is 124 Å². The first kappa shape index (κ1) is 14.0. The van der Waals surface area contributed by atoms with Crippen LogP contribution in [-0.2, 0) is 0 Å². The first-order chi connectivity index (χ1) is 8.50. The number of nitrogens with one attached hydrogen (secondary N) is 1. The second-order valence-corrected chi connectivity index (χ2v) is 6.46. The van der Waals surface area contributed by atoms with Gasteiger partial charge in [-0.15, -0.1) is 0 Å². The molecule has 0 saturated carbocycles. The second-order valence-electron chi connectivity index (χ2n) is 4.69. The van der Waals surface area contributed by atoms with Crippen molar-refractivity contribution in [2.45, 2.75) is 25.9 Å². The fourth-order valence-corrected chi connectivity index (χ4v) is 3.11. The SMILES string of the molecule is CC1CNCC(C)N1C(=O)c1cc(Br)ccc1Br. The van der Waals surface area contributed by atoms with Crippen LogP contribution in [0.2, 0.25) is 0 Å². The zero-order valence-corrected chi connectivity index (χ0v) is 13.6. The van der Waals surface area contributed by atoms with Gasteiger partial charge in [0.05, 0.1) is 5.56 Å². The zero-order chi connectivity index (χ0) is 13.3. The molecule has 0 bridgehead atoms. The average molecular weight is 376 g/mol. The van der Waals surface area contributed by atoms with Gasteiger partial charge >= 0.3 is 0 Å². The van der Waals surface area contributed by atoms with Crippen molar-refractivity contribution in [1.82, 2.24) is 10.2 Å². The molecule has 1 aliphatic rings. The van der Waals surface area contributed by atoms with Crippen LogP contribution >= 0.6 is 31.9 Å². The summed E-state index contributed by atoms with van der Waals surface area (Å²) in [7, 11) is 0. The molecular formula is C13H16Br2N2O. The van der Waals surface area contributed by atoms with E-state index >= 15 is 0 Å². The third-order valence-electron chi connectivity index (χ3n) is 3.22. The van der Waals surface area contributed by atoms with E-state index in [1.165, 1.54) is 0 Å². The van der Waals surface area contributed by atoms with E-state index in [9.17, 15) is 4.79 Å². The first-order valence-electron chi connectivity index (χ1n) is 5.99. The molecule has 1 fully saturated rings. The van der Waals surface area contributed by atoms with Gasteiger partial charge in [0.15, 0.2) is 0 Å². The van der Waals surface area contributed by atoms with E-state index in [0.717, 1.165) is 22.0 Å². The number of carbonyl (C=O) groups excluding carboxylic acids is 1. The molecule has 2 atom stereocenters. The Balaban J connectivity index is 2.32. The van der Waals surface area contributed by atoms with E-state index in [0.29, 0.717) is 5.56 Å². The number of carbonyl (C=O) groups is 1. The van der Waals surface area contributed by atoms with Crippen LogP contribution in [0.4, 0.5) is 0 Å². The molecule has 98 valence electrons. The summed E-state index contributed by atoms with van der Waals surface area (Å²) in [6.45, 7) is 5.85. The fourth-order valence-electron chi connectivity index (χ4n) is 2.33. The minimum Gasteiger partial charge on any atom is -0.331 e. The Bertz CT molecular complexity index is 454.